The minimum Gasteiger partial charge on any atom is -0.297 e. The summed E-state index contributed by atoms with van der Waals surface area (Å²) in [5.41, 5.74) is 1.27. The van der Waals surface area contributed by atoms with Crippen LogP contribution in [-0.4, -0.2) is 42.5 Å². The topological polar surface area (TPSA) is 96.4 Å². The fourth-order valence-electron chi connectivity index (χ4n) is 3.29. The molecule has 3 heterocycles. The first-order valence-electron chi connectivity index (χ1n) is 9.34. The summed E-state index contributed by atoms with van der Waals surface area (Å²) in [6.45, 7) is 2.38. The Labute approximate surface area is 182 Å². The first-order valence-corrected chi connectivity index (χ1v) is 12.5. The van der Waals surface area contributed by atoms with E-state index in [1.807, 2.05) is 30.3 Å². The zero-order valence-corrected chi connectivity index (χ0v) is 18.6. The Balaban J connectivity index is 1.63. The van der Waals surface area contributed by atoms with Crippen LogP contribution in [0.5, 0.6) is 0 Å². The number of hydrogen-bond acceptors (Lipinski definition) is 7. The average Bonchev–Trinajstić information content (AvgIpc) is 3.48. The number of nitrogens with zero attached hydrogens (tertiary/aromatic N) is 2. The Kier molecular flexibility index (Phi) is 5.83. The molecule has 1 aliphatic heterocycles. The second-order valence-corrected chi connectivity index (χ2v) is 10.6. The lowest BCUT2D eigenvalue weighted by Gasteiger charge is -2.15. The van der Waals surface area contributed by atoms with Crippen molar-refractivity contribution in [3.63, 3.8) is 0 Å². The maximum atomic E-state index is 12.9. The molecule has 4 rings (SSSR count). The summed E-state index contributed by atoms with van der Waals surface area (Å²) in [5.74, 6) is -0.702. The Morgan fingerprint density at radius 1 is 1.07 bits per heavy atom. The van der Waals surface area contributed by atoms with E-state index in [2.05, 4.69) is 10.3 Å². The predicted octanol–water partition coefficient (Wildman–Crippen LogP) is 4.11. The first kappa shape index (κ1) is 20.9. The van der Waals surface area contributed by atoms with Crippen molar-refractivity contribution in [2.24, 2.45) is 0 Å². The number of nitrogens with one attached hydrogen (secondary N) is 1. The van der Waals surface area contributed by atoms with Crippen molar-refractivity contribution >= 4 is 49.5 Å². The molecule has 3 aromatic rings. The fraction of sp³-hybridized carbons (Fsp3) is 0.250. The monoisotopic (exact) mass is 461 g/mol. The molecule has 0 aliphatic carbocycles. The molecule has 7 nitrogen and oxygen atoms in total. The van der Waals surface area contributed by atoms with Crippen LogP contribution >= 0.6 is 22.7 Å². The molecule has 0 atom stereocenters. The van der Waals surface area contributed by atoms with Gasteiger partial charge in [-0.2, -0.15) is 4.31 Å². The van der Waals surface area contributed by atoms with Crippen molar-refractivity contribution in [3.8, 4) is 11.3 Å². The number of rotatable bonds is 6. The molecule has 10 heteroatoms. The number of carbonyl (C=O) groups excluding carboxylic acids is 2. The number of thiophene rings is 1. The van der Waals surface area contributed by atoms with Crippen molar-refractivity contribution in [1.82, 2.24) is 9.29 Å². The highest BCUT2D eigenvalue weighted by molar-refractivity contribution is 7.89. The molecule has 1 aromatic carbocycles. The number of carbonyl (C=O) groups is 2. The average molecular weight is 462 g/mol. The van der Waals surface area contributed by atoms with Crippen molar-refractivity contribution < 1.29 is 18.0 Å². The largest absolute Gasteiger partial charge is 0.297 e. The first-order chi connectivity index (χ1) is 14.4. The Morgan fingerprint density at radius 3 is 2.43 bits per heavy atom. The van der Waals surface area contributed by atoms with E-state index in [1.165, 1.54) is 17.3 Å². The maximum absolute atomic E-state index is 12.9. The van der Waals surface area contributed by atoms with E-state index in [4.69, 9.17) is 0 Å². The van der Waals surface area contributed by atoms with Gasteiger partial charge in [-0.1, -0.05) is 41.7 Å². The molecule has 0 saturated carbocycles. The van der Waals surface area contributed by atoms with Crippen LogP contribution in [0.3, 0.4) is 0 Å². The third kappa shape index (κ3) is 3.95. The van der Waals surface area contributed by atoms with E-state index in [-0.39, 0.29) is 20.7 Å². The number of amides is 1. The normalized spacial score (nSPS) is 14.7. The second-order valence-electron chi connectivity index (χ2n) is 6.80. The van der Waals surface area contributed by atoms with E-state index in [9.17, 15) is 18.0 Å². The fourth-order valence-corrected chi connectivity index (χ4v) is 6.98. The van der Waals surface area contributed by atoms with E-state index in [0.29, 0.717) is 23.7 Å². The summed E-state index contributed by atoms with van der Waals surface area (Å²) in [6.07, 6.45) is 1.64. The predicted molar refractivity (Wildman–Crippen MR) is 118 cm³/mol. The van der Waals surface area contributed by atoms with Crippen molar-refractivity contribution in [2.75, 3.05) is 18.4 Å². The number of ketones is 1. The zero-order valence-electron chi connectivity index (χ0n) is 16.1. The Bertz CT molecular complexity index is 1190. The van der Waals surface area contributed by atoms with E-state index >= 15 is 0 Å². The molecule has 1 saturated heterocycles. The molecule has 0 bridgehead atoms. The number of Topliss-reactive ketones (excluding diaryl/α,β-unsaturated/α-hetero) is 1. The van der Waals surface area contributed by atoms with Gasteiger partial charge in [0.15, 0.2) is 10.9 Å². The van der Waals surface area contributed by atoms with Crippen LogP contribution in [0, 0.1) is 0 Å². The van der Waals surface area contributed by atoms with Crippen LogP contribution in [0.25, 0.3) is 11.3 Å². The van der Waals surface area contributed by atoms with Gasteiger partial charge >= 0.3 is 0 Å². The molecular weight excluding hydrogens is 442 g/mol. The van der Waals surface area contributed by atoms with Gasteiger partial charge < -0.3 is 0 Å². The molecule has 0 unspecified atom stereocenters. The zero-order chi connectivity index (χ0) is 21.3. The number of hydrogen-bond donors (Lipinski definition) is 1. The third-order valence-electron chi connectivity index (χ3n) is 4.73. The highest BCUT2D eigenvalue weighted by atomic mass is 32.2. The van der Waals surface area contributed by atoms with E-state index in [1.54, 1.807) is 5.38 Å². The highest BCUT2D eigenvalue weighted by Crippen LogP contribution is 2.33. The van der Waals surface area contributed by atoms with Gasteiger partial charge in [-0.15, -0.1) is 11.3 Å². The summed E-state index contributed by atoms with van der Waals surface area (Å²) in [7, 11) is -3.71. The van der Waals surface area contributed by atoms with E-state index < -0.39 is 15.9 Å². The molecule has 1 N–H and O–H groups in total. The maximum Gasteiger partial charge on any atom is 0.268 e. The smallest absolute Gasteiger partial charge is 0.268 e. The summed E-state index contributed by atoms with van der Waals surface area (Å²) >= 11 is 2.15. The molecule has 30 heavy (non-hydrogen) atoms. The van der Waals surface area contributed by atoms with Gasteiger partial charge in [0.05, 0.1) is 10.6 Å². The molecule has 0 spiro atoms. The standard InChI is InChI=1S/C20H19N3O4S3/c1-13(24)17-16(14-7-3-2-4-8-14)21-20(29-17)22-19(25)18-15(9-12-28-18)30(26,27)23-10-5-6-11-23/h2-4,7-9,12H,5-6,10-11H2,1H3,(H,21,22,25). The van der Waals surface area contributed by atoms with Gasteiger partial charge in [0.1, 0.15) is 9.77 Å². The van der Waals surface area contributed by atoms with Crippen molar-refractivity contribution in [2.45, 2.75) is 24.7 Å². The number of sulfonamides is 1. The highest BCUT2D eigenvalue weighted by Gasteiger charge is 2.32. The molecule has 1 amide bonds. The molecule has 0 radical (unpaired) electrons. The van der Waals surface area contributed by atoms with Crippen molar-refractivity contribution in [1.29, 1.82) is 0 Å². The number of anilines is 1. The second kappa shape index (κ2) is 8.38. The van der Waals surface area contributed by atoms with Crippen LogP contribution in [0.4, 0.5) is 5.13 Å². The van der Waals surface area contributed by atoms with Crippen LogP contribution < -0.4 is 5.32 Å². The van der Waals surface area contributed by atoms with E-state index in [0.717, 1.165) is 41.1 Å². The molecule has 1 aliphatic rings. The molecule has 1 fully saturated rings. The third-order valence-corrected chi connectivity index (χ3v) is 8.79. The van der Waals surface area contributed by atoms with Crippen LogP contribution in [0.15, 0.2) is 46.7 Å². The lowest BCUT2D eigenvalue weighted by Crippen LogP contribution is -2.29. The Hall–Kier alpha value is -2.40. The van der Waals surface area contributed by atoms with Gasteiger partial charge in [0.25, 0.3) is 5.91 Å². The van der Waals surface area contributed by atoms with Crippen LogP contribution in [0.2, 0.25) is 0 Å². The van der Waals surface area contributed by atoms with Gasteiger partial charge in [-0.3, -0.25) is 14.9 Å². The lowest BCUT2D eigenvalue weighted by molar-refractivity contribution is 0.101. The number of benzene rings is 1. The number of aromatic nitrogens is 1. The Morgan fingerprint density at radius 2 is 1.77 bits per heavy atom. The lowest BCUT2D eigenvalue weighted by atomic mass is 10.1. The van der Waals surface area contributed by atoms with Gasteiger partial charge in [-0.25, -0.2) is 13.4 Å². The van der Waals surface area contributed by atoms with Gasteiger partial charge in [0.2, 0.25) is 10.0 Å². The molecule has 2 aromatic heterocycles. The summed E-state index contributed by atoms with van der Waals surface area (Å²) in [6, 6.07) is 10.7. The summed E-state index contributed by atoms with van der Waals surface area (Å²) in [4.78, 5) is 30.0. The quantitative estimate of drug-likeness (QED) is 0.557. The SMILES string of the molecule is CC(=O)c1sc(NC(=O)c2sccc2S(=O)(=O)N2CCCC2)nc1-c1ccccc1. The minimum atomic E-state index is -3.71. The van der Waals surface area contributed by atoms with Crippen LogP contribution in [-0.2, 0) is 10.0 Å². The molecular formula is C20H19N3O4S3. The minimum absolute atomic E-state index is 0.0125. The molecule has 156 valence electrons. The van der Waals surface area contributed by atoms with Crippen LogP contribution in [0.1, 0.15) is 39.1 Å². The van der Waals surface area contributed by atoms with Crippen molar-refractivity contribution in [3.05, 3.63) is 51.5 Å². The number of thiazole rings is 1. The van der Waals surface area contributed by atoms with Gasteiger partial charge in [-0.05, 0) is 24.3 Å². The summed E-state index contributed by atoms with van der Waals surface area (Å²) in [5, 5.41) is 4.52. The summed E-state index contributed by atoms with van der Waals surface area (Å²) < 4.78 is 27.2. The van der Waals surface area contributed by atoms with Gasteiger partial charge in [0, 0.05) is 25.6 Å².